The van der Waals surface area contributed by atoms with Gasteiger partial charge in [0.05, 0.1) is 0 Å². The van der Waals surface area contributed by atoms with Gasteiger partial charge in [-0.25, -0.2) is 0 Å². The summed E-state index contributed by atoms with van der Waals surface area (Å²) >= 11 is -3.46. The molecule has 72 valence electrons. The van der Waals surface area contributed by atoms with E-state index in [1.807, 2.05) is 0 Å². The van der Waals surface area contributed by atoms with Crippen LogP contribution < -0.4 is 0 Å². The molecule has 0 aliphatic carbocycles. The van der Waals surface area contributed by atoms with Gasteiger partial charge < -0.3 is 0 Å². The van der Waals surface area contributed by atoms with Crippen molar-refractivity contribution >= 4 is 36.8 Å². The Morgan fingerprint density at radius 1 is 1.00 bits per heavy atom. The zero-order chi connectivity index (χ0) is 10.2. The molecule has 2 heteroatoms. The molecule has 0 radical (unpaired) electrons. The van der Waals surface area contributed by atoms with E-state index >= 15 is 0 Å². The Balaban J connectivity index is 4.53. The Morgan fingerprint density at radius 3 is 1.42 bits per heavy atom. The van der Waals surface area contributed by atoms with Gasteiger partial charge in [-0.05, 0) is 0 Å². The Bertz CT molecular complexity index is 169. The standard InChI is InChI=1S/C4H6.6CH3.2Sn/c1-3-4-2;;;;;;;;/h4H,1H2,2H3;6*1H3;;. The third-order valence-corrected chi connectivity index (χ3v) is 20.3. The van der Waals surface area contributed by atoms with Crippen LogP contribution in [0.15, 0.2) is 10.2 Å². The molecule has 1 atom stereocenters. The molecule has 0 saturated heterocycles. The molecule has 0 aromatic heterocycles. The molecule has 0 saturated carbocycles. The summed E-state index contributed by atoms with van der Waals surface area (Å²) in [6.07, 6.45) is 0. The third kappa shape index (κ3) is 4.03. The van der Waals surface area contributed by atoms with Gasteiger partial charge >= 0.3 is 87.4 Å². The molecule has 0 aromatic rings. The number of hydrogen-bond acceptors (Lipinski definition) is 0. The van der Waals surface area contributed by atoms with Gasteiger partial charge in [0.2, 0.25) is 0 Å². The maximum absolute atomic E-state index is 4.34. The fraction of sp³-hybridized carbons (Fsp3) is 0.800. The van der Waals surface area contributed by atoms with E-state index in [2.05, 4.69) is 43.1 Å². The van der Waals surface area contributed by atoms with Crippen molar-refractivity contribution in [2.24, 2.45) is 0 Å². The molecule has 0 aliphatic heterocycles. The van der Waals surface area contributed by atoms with Crippen LogP contribution in [0.4, 0.5) is 0 Å². The minimum atomic E-state index is -1.78. The normalized spacial score (nSPS) is 15.9. The van der Waals surface area contributed by atoms with E-state index in [9.17, 15) is 0 Å². The summed E-state index contributed by atoms with van der Waals surface area (Å²) in [5.41, 5.74) is 0. The van der Waals surface area contributed by atoms with Crippen molar-refractivity contribution in [1.82, 2.24) is 0 Å². The second-order valence-corrected chi connectivity index (χ2v) is 36.5. The van der Waals surface area contributed by atoms with Crippen LogP contribution in [-0.2, 0) is 0 Å². The van der Waals surface area contributed by atoms with Gasteiger partial charge in [0.1, 0.15) is 0 Å². The van der Waals surface area contributed by atoms with Gasteiger partial charge in [0.25, 0.3) is 0 Å². The fourth-order valence-corrected chi connectivity index (χ4v) is 24.4. The number of allylic oxidation sites excluding steroid dienone is 1. The van der Waals surface area contributed by atoms with Gasteiger partial charge in [0.15, 0.2) is 0 Å². The molecule has 0 amide bonds. The van der Waals surface area contributed by atoms with Gasteiger partial charge in [0, 0.05) is 0 Å². The van der Waals surface area contributed by atoms with E-state index in [4.69, 9.17) is 0 Å². The third-order valence-electron chi connectivity index (χ3n) is 2.79. The van der Waals surface area contributed by atoms with E-state index < -0.39 is 36.8 Å². The summed E-state index contributed by atoms with van der Waals surface area (Å²) in [5.74, 6) is 0. The van der Waals surface area contributed by atoms with E-state index in [1.165, 1.54) is 0 Å². The van der Waals surface area contributed by atoms with Crippen LogP contribution in [0, 0.1) is 0 Å². The predicted octanol–water partition coefficient (Wildman–Crippen LogP) is 4.15. The van der Waals surface area contributed by atoms with Gasteiger partial charge in [-0.1, -0.05) is 0 Å². The quantitative estimate of drug-likeness (QED) is 0.644. The van der Waals surface area contributed by atoms with Gasteiger partial charge in [-0.15, -0.1) is 0 Å². The van der Waals surface area contributed by atoms with Crippen molar-refractivity contribution in [3.8, 4) is 0 Å². The Morgan fingerprint density at radius 2 is 1.33 bits per heavy atom. The Labute approximate surface area is 86.6 Å². The zero-order valence-corrected chi connectivity index (χ0v) is 15.5. The van der Waals surface area contributed by atoms with Crippen LogP contribution in [-0.4, -0.2) is 36.8 Å². The van der Waals surface area contributed by atoms with Gasteiger partial charge in [-0.3, -0.25) is 0 Å². The molecule has 0 spiro atoms. The van der Waals surface area contributed by atoms with Crippen LogP contribution in [0.3, 0.4) is 0 Å². The van der Waals surface area contributed by atoms with Crippen molar-refractivity contribution in [3.05, 3.63) is 10.2 Å². The van der Waals surface area contributed by atoms with Crippen LogP contribution in [0.2, 0.25) is 33.6 Å². The minimum absolute atomic E-state index is 0.884. The van der Waals surface area contributed by atoms with Crippen molar-refractivity contribution in [2.75, 3.05) is 0 Å². The van der Waals surface area contributed by atoms with E-state index in [0.717, 1.165) is 3.93 Å². The molecule has 0 bridgehead atoms. The first kappa shape index (κ1) is 13.3. The summed E-state index contributed by atoms with van der Waals surface area (Å²) in [7, 11) is 0. The molecule has 0 aromatic carbocycles. The first-order chi connectivity index (χ1) is 5.07. The summed E-state index contributed by atoms with van der Waals surface area (Å²) in [5, 5.41) is 0. The monoisotopic (exact) mass is 384 g/mol. The molecule has 0 fully saturated rings. The summed E-state index contributed by atoms with van der Waals surface area (Å²) < 4.78 is 2.54. The molecule has 0 heterocycles. The number of hydrogen-bond donors (Lipinski definition) is 0. The summed E-state index contributed by atoms with van der Waals surface area (Å²) in [6, 6.07) is 0. The molecule has 0 N–H and O–H groups in total. The number of rotatable bonds is 3. The van der Waals surface area contributed by atoms with E-state index in [-0.39, 0.29) is 0 Å². The van der Waals surface area contributed by atoms with Crippen molar-refractivity contribution in [1.29, 1.82) is 0 Å². The molecular weight excluding hydrogens is 358 g/mol. The Kier molecular flexibility index (Phi) is 4.71. The van der Waals surface area contributed by atoms with Crippen LogP contribution in [0.25, 0.3) is 0 Å². The van der Waals surface area contributed by atoms with Crippen LogP contribution in [0.5, 0.6) is 0 Å². The zero-order valence-electron chi connectivity index (χ0n) is 9.78. The van der Waals surface area contributed by atoms with E-state index in [1.54, 1.807) is 3.59 Å². The molecule has 0 nitrogen and oxygen atoms in total. The second kappa shape index (κ2) is 4.24. The average molecular weight is 382 g/mol. The summed E-state index contributed by atoms with van der Waals surface area (Å²) in [4.78, 5) is 15.0. The van der Waals surface area contributed by atoms with Crippen molar-refractivity contribution in [2.45, 2.75) is 40.5 Å². The fourth-order valence-electron chi connectivity index (χ4n) is 1.17. The maximum atomic E-state index is 4.34. The first-order valence-corrected chi connectivity index (χ1v) is 25.0. The SMILES string of the molecule is C=[C]([CH](C)[Sn]([CH3])([CH3])[CH3])[Sn]([CH3])([CH3])[CH3]. The molecule has 0 aliphatic rings. The van der Waals surface area contributed by atoms with Crippen LogP contribution >= 0.6 is 0 Å². The molecule has 12 heavy (non-hydrogen) atoms. The second-order valence-electron chi connectivity index (χ2n) is 5.86. The Hall–Kier alpha value is 1.34. The van der Waals surface area contributed by atoms with Crippen molar-refractivity contribution in [3.63, 3.8) is 0 Å². The molecule has 0 rings (SSSR count). The van der Waals surface area contributed by atoms with Crippen LogP contribution in [0.1, 0.15) is 6.92 Å². The molecular formula is C10H24Sn2. The van der Waals surface area contributed by atoms with Crippen molar-refractivity contribution < 1.29 is 0 Å². The topological polar surface area (TPSA) is 0 Å². The molecule has 1 unspecified atom stereocenters. The predicted molar refractivity (Wildman–Crippen MR) is 65.3 cm³/mol. The summed E-state index contributed by atoms with van der Waals surface area (Å²) in [6.45, 7) is 6.76. The van der Waals surface area contributed by atoms with E-state index in [0.29, 0.717) is 0 Å². The first-order valence-electron chi connectivity index (χ1n) is 4.76. The van der Waals surface area contributed by atoms with Gasteiger partial charge in [-0.2, -0.15) is 0 Å². The average Bonchev–Trinajstić information content (AvgIpc) is 1.80.